The summed E-state index contributed by atoms with van der Waals surface area (Å²) >= 11 is 0. The molecule has 1 aliphatic heterocycles. The van der Waals surface area contributed by atoms with Gasteiger partial charge in [0.15, 0.2) is 5.79 Å². The lowest BCUT2D eigenvalue weighted by atomic mass is 9.43. The van der Waals surface area contributed by atoms with E-state index in [1.165, 1.54) is 32.1 Å². The fourth-order valence-electron chi connectivity index (χ4n) is 8.94. The lowest BCUT2D eigenvalue weighted by Gasteiger charge is -2.63. The molecule has 10 atom stereocenters. The van der Waals surface area contributed by atoms with Gasteiger partial charge in [-0.1, -0.05) is 27.2 Å². The zero-order chi connectivity index (χ0) is 19.2. The van der Waals surface area contributed by atoms with Gasteiger partial charge in [0.1, 0.15) is 0 Å². The second-order valence-electron chi connectivity index (χ2n) is 11.6. The molecule has 0 aromatic heterocycles. The van der Waals surface area contributed by atoms with Crippen LogP contribution in [0.3, 0.4) is 0 Å². The molecule has 5 unspecified atom stereocenters. The Bertz CT molecular complexity index is 602. The molecule has 0 aromatic rings. The molecule has 5 aliphatic rings. The topological polar surface area (TPSA) is 38.7 Å². The maximum Gasteiger partial charge on any atom is 0.163 e. The number of ether oxygens (including phenoxy) is 2. The quantitative estimate of drug-likeness (QED) is 0.687. The molecule has 1 heterocycles. The Morgan fingerprint density at radius 1 is 0.815 bits per heavy atom. The summed E-state index contributed by atoms with van der Waals surface area (Å²) in [6.45, 7) is 11.7. The average molecular weight is 377 g/mol. The van der Waals surface area contributed by atoms with Crippen LogP contribution in [-0.2, 0) is 9.47 Å². The van der Waals surface area contributed by atoms with Crippen LogP contribution >= 0.6 is 0 Å². The molecule has 0 aromatic carbocycles. The SMILES string of the molecule is CCC1CCC2C3C(CC[C@]12C)[C@@]1(C)CC[C@H](O)CC1[C@H]1OC(C)(C)O[C@H]31. The van der Waals surface area contributed by atoms with E-state index in [9.17, 15) is 5.11 Å². The smallest absolute Gasteiger partial charge is 0.163 e. The third-order valence-electron chi connectivity index (χ3n) is 10.2. The van der Waals surface area contributed by atoms with E-state index >= 15 is 0 Å². The van der Waals surface area contributed by atoms with Gasteiger partial charge in [-0.2, -0.15) is 0 Å². The standard InChI is InChI=1S/C24H40O3/c1-6-14-7-8-16-19-17(10-12-23(14,16)4)24(5)11-9-15(25)13-18(24)20-21(19)27-22(2,3)26-20/h14-21,25H,6-13H2,1-5H3/t14?,15-,16?,17?,18?,19?,20+,21+,23+,24+/m0/s1. The van der Waals surface area contributed by atoms with Crippen LogP contribution < -0.4 is 0 Å². The maximum atomic E-state index is 10.5. The minimum absolute atomic E-state index is 0.155. The van der Waals surface area contributed by atoms with Crippen molar-refractivity contribution < 1.29 is 14.6 Å². The number of aliphatic hydroxyl groups excluding tert-OH is 1. The van der Waals surface area contributed by atoms with E-state index in [2.05, 4.69) is 34.6 Å². The van der Waals surface area contributed by atoms with Crippen LogP contribution in [0.15, 0.2) is 0 Å². The Morgan fingerprint density at radius 2 is 1.48 bits per heavy atom. The van der Waals surface area contributed by atoms with Gasteiger partial charge in [-0.25, -0.2) is 0 Å². The molecular weight excluding hydrogens is 336 g/mol. The Hall–Kier alpha value is -0.120. The van der Waals surface area contributed by atoms with E-state index in [1.807, 2.05) is 0 Å². The number of hydrogen-bond donors (Lipinski definition) is 1. The van der Waals surface area contributed by atoms with Crippen molar-refractivity contribution >= 4 is 0 Å². The van der Waals surface area contributed by atoms with Crippen molar-refractivity contribution in [3.8, 4) is 0 Å². The molecule has 0 bridgehead atoms. The summed E-state index contributed by atoms with van der Waals surface area (Å²) in [7, 11) is 0. The highest BCUT2D eigenvalue weighted by molar-refractivity contribution is 5.15. The molecule has 4 saturated carbocycles. The summed E-state index contributed by atoms with van der Waals surface area (Å²) in [6.07, 6.45) is 10.1. The van der Waals surface area contributed by atoms with Gasteiger partial charge in [0.25, 0.3) is 0 Å². The predicted octanol–water partition coefficient (Wildman–Crippen LogP) is 5.16. The molecular formula is C24H40O3. The molecule has 5 rings (SSSR count). The Kier molecular flexibility index (Phi) is 4.16. The van der Waals surface area contributed by atoms with Gasteiger partial charge in [0.05, 0.1) is 18.3 Å². The van der Waals surface area contributed by atoms with E-state index in [0.717, 1.165) is 37.0 Å². The second-order valence-corrected chi connectivity index (χ2v) is 11.6. The van der Waals surface area contributed by atoms with Crippen LogP contribution in [0.2, 0.25) is 0 Å². The van der Waals surface area contributed by atoms with Gasteiger partial charge in [0, 0.05) is 0 Å². The van der Waals surface area contributed by atoms with Crippen molar-refractivity contribution in [1.82, 2.24) is 0 Å². The molecule has 0 spiro atoms. The highest BCUT2D eigenvalue weighted by Crippen LogP contribution is 2.69. The maximum absolute atomic E-state index is 10.5. The van der Waals surface area contributed by atoms with Gasteiger partial charge >= 0.3 is 0 Å². The van der Waals surface area contributed by atoms with Crippen molar-refractivity contribution in [1.29, 1.82) is 0 Å². The minimum Gasteiger partial charge on any atom is -0.393 e. The van der Waals surface area contributed by atoms with E-state index < -0.39 is 5.79 Å². The normalized spacial score (nSPS) is 58.9. The van der Waals surface area contributed by atoms with Gasteiger partial charge in [-0.05, 0) is 99.2 Å². The first-order chi connectivity index (χ1) is 12.7. The number of rotatable bonds is 1. The monoisotopic (exact) mass is 376 g/mol. The minimum atomic E-state index is -0.482. The highest BCUT2D eigenvalue weighted by Gasteiger charge is 2.68. The van der Waals surface area contributed by atoms with Crippen molar-refractivity contribution in [2.24, 2.45) is 40.4 Å². The van der Waals surface area contributed by atoms with Crippen LogP contribution in [0.25, 0.3) is 0 Å². The molecule has 154 valence electrons. The van der Waals surface area contributed by atoms with Crippen LogP contribution in [0, 0.1) is 40.4 Å². The van der Waals surface area contributed by atoms with E-state index in [0.29, 0.717) is 22.7 Å². The van der Waals surface area contributed by atoms with Crippen LogP contribution in [0.4, 0.5) is 0 Å². The van der Waals surface area contributed by atoms with Crippen molar-refractivity contribution in [2.75, 3.05) is 0 Å². The predicted molar refractivity (Wildman–Crippen MR) is 106 cm³/mol. The third-order valence-corrected chi connectivity index (χ3v) is 10.2. The lowest BCUT2D eigenvalue weighted by molar-refractivity contribution is -0.189. The lowest BCUT2D eigenvalue weighted by Crippen LogP contribution is -2.63. The van der Waals surface area contributed by atoms with Crippen LogP contribution in [-0.4, -0.2) is 29.2 Å². The van der Waals surface area contributed by atoms with Crippen molar-refractivity contribution in [3.63, 3.8) is 0 Å². The van der Waals surface area contributed by atoms with E-state index in [4.69, 9.17) is 9.47 Å². The van der Waals surface area contributed by atoms with E-state index in [-0.39, 0.29) is 18.3 Å². The van der Waals surface area contributed by atoms with Crippen molar-refractivity contribution in [3.05, 3.63) is 0 Å². The molecule has 1 N–H and O–H groups in total. The molecule has 3 heteroatoms. The molecule has 5 fully saturated rings. The molecule has 0 amide bonds. The fourth-order valence-corrected chi connectivity index (χ4v) is 8.94. The Morgan fingerprint density at radius 3 is 2.22 bits per heavy atom. The van der Waals surface area contributed by atoms with Crippen LogP contribution in [0.1, 0.15) is 86.0 Å². The molecule has 3 nitrogen and oxygen atoms in total. The number of aliphatic hydroxyl groups is 1. The first kappa shape index (κ1) is 18.9. The Balaban J connectivity index is 1.57. The molecule has 0 radical (unpaired) electrons. The van der Waals surface area contributed by atoms with Gasteiger partial charge in [-0.15, -0.1) is 0 Å². The first-order valence-electron chi connectivity index (χ1n) is 11.7. The van der Waals surface area contributed by atoms with Gasteiger partial charge in [0.2, 0.25) is 0 Å². The highest BCUT2D eigenvalue weighted by atomic mass is 16.8. The van der Waals surface area contributed by atoms with E-state index in [1.54, 1.807) is 0 Å². The summed E-state index contributed by atoms with van der Waals surface area (Å²) < 4.78 is 13.3. The zero-order valence-corrected chi connectivity index (χ0v) is 18.0. The summed E-state index contributed by atoms with van der Waals surface area (Å²) in [5.41, 5.74) is 0.800. The summed E-state index contributed by atoms with van der Waals surface area (Å²) in [4.78, 5) is 0. The number of fused-ring (bicyclic) bond motifs is 8. The molecule has 1 saturated heterocycles. The van der Waals surface area contributed by atoms with Gasteiger partial charge < -0.3 is 14.6 Å². The molecule has 27 heavy (non-hydrogen) atoms. The summed E-state index contributed by atoms with van der Waals surface area (Å²) in [6, 6.07) is 0. The van der Waals surface area contributed by atoms with Crippen LogP contribution in [0.5, 0.6) is 0 Å². The summed E-state index contributed by atoms with van der Waals surface area (Å²) in [5.74, 6) is 3.02. The van der Waals surface area contributed by atoms with Crippen molar-refractivity contribution in [2.45, 2.75) is 110 Å². The third kappa shape index (κ3) is 2.50. The Labute approximate surface area is 165 Å². The summed E-state index contributed by atoms with van der Waals surface area (Å²) in [5, 5.41) is 10.5. The average Bonchev–Trinajstić information content (AvgIpc) is 3.11. The molecule has 4 aliphatic carbocycles. The second kappa shape index (κ2) is 5.95. The first-order valence-corrected chi connectivity index (χ1v) is 11.7. The zero-order valence-electron chi connectivity index (χ0n) is 18.0. The largest absolute Gasteiger partial charge is 0.393 e. The number of hydrogen-bond acceptors (Lipinski definition) is 3. The fraction of sp³-hybridized carbons (Fsp3) is 1.00. The van der Waals surface area contributed by atoms with Gasteiger partial charge in [-0.3, -0.25) is 0 Å².